The second kappa shape index (κ2) is 11.8. The molecular formula is C26H33N3O8. The van der Waals surface area contributed by atoms with Gasteiger partial charge in [-0.05, 0) is 41.7 Å². The van der Waals surface area contributed by atoms with Gasteiger partial charge in [0.05, 0.1) is 37.0 Å². The van der Waals surface area contributed by atoms with Crippen molar-refractivity contribution in [2.45, 2.75) is 44.3 Å². The Labute approximate surface area is 214 Å². The number of carbonyl (C=O) groups is 4. The van der Waals surface area contributed by atoms with Crippen LogP contribution in [0.5, 0.6) is 0 Å². The van der Waals surface area contributed by atoms with Crippen LogP contribution in [-0.4, -0.2) is 93.0 Å². The van der Waals surface area contributed by atoms with E-state index in [1.807, 2.05) is 38.1 Å². The molecule has 1 aliphatic heterocycles. The summed E-state index contributed by atoms with van der Waals surface area (Å²) in [6.07, 6.45) is 0.0565. The van der Waals surface area contributed by atoms with E-state index in [2.05, 4.69) is 10.6 Å². The summed E-state index contributed by atoms with van der Waals surface area (Å²) in [5.74, 6) is -3.03. The first-order chi connectivity index (χ1) is 17.6. The fourth-order valence-electron chi connectivity index (χ4n) is 4.30. The van der Waals surface area contributed by atoms with Crippen molar-refractivity contribution < 1.29 is 39.6 Å². The molecule has 0 fully saturated rings. The molecule has 200 valence electrons. The molecule has 2 atom stereocenters. The first-order valence-electron chi connectivity index (χ1n) is 12.1. The Morgan fingerprint density at radius 2 is 1.43 bits per heavy atom. The number of benzene rings is 2. The molecule has 3 amide bonds. The lowest BCUT2D eigenvalue weighted by atomic mass is 9.98. The predicted molar refractivity (Wildman–Crippen MR) is 134 cm³/mol. The van der Waals surface area contributed by atoms with Crippen molar-refractivity contribution in [2.24, 2.45) is 5.92 Å². The van der Waals surface area contributed by atoms with Crippen molar-refractivity contribution >= 4 is 34.5 Å². The number of imide groups is 1. The smallest absolute Gasteiger partial charge is 0.320 e. The monoisotopic (exact) mass is 515 g/mol. The van der Waals surface area contributed by atoms with Gasteiger partial charge in [0.1, 0.15) is 11.6 Å². The second-order valence-electron chi connectivity index (χ2n) is 9.78. The summed E-state index contributed by atoms with van der Waals surface area (Å²) < 4.78 is 0. The topological polar surface area (TPSA) is 176 Å². The molecule has 2 unspecified atom stereocenters. The van der Waals surface area contributed by atoms with Crippen LogP contribution in [-0.2, 0) is 9.59 Å². The molecule has 0 aromatic heterocycles. The van der Waals surface area contributed by atoms with Gasteiger partial charge in [-0.3, -0.25) is 29.4 Å². The van der Waals surface area contributed by atoms with Crippen molar-refractivity contribution in [1.82, 2.24) is 15.5 Å². The number of aliphatic carboxylic acids is 1. The van der Waals surface area contributed by atoms with Gasteiger partial charge in [-0.15, -0.1) is 0 Å². The molecule has 3 rings (SSSR count). The van der Waals surface area contributed by atoms with Crippen LogP contribution in [0.25, 0.3) is 10.8 Å². The maximum atomic E-state index is 13.0. The van der Waals surface area contributed by atoms with E-state index in [4.69, 9.17) is 0 Å². The summed E-state index contributed by atoms with van der Waals surface area (Å²) in [5.41, 5.74) is -1.15. The predicted octanol–water partition coefficient (Wildman–Crippen LogP) is 0.115. The molecule has 11 heteroatoms. The SMILES string of the molecule is CC(C)CC(NC(CCN1C(=O)c2cc3ccccc3cc2C1=O)C(=O)O)C(=O)NC(CO)(CO)CO. The first-order valence-corrected chi connectivity index (χ1v) is 12.1. The average molecular weight is 516 g/mol. The summed E-state index contributed by atoms with van der Waals surface area (Å²) in [4.78, 5) is 51.9. The van der Waals surface area contributed by atoms with Crippen molar-refractivity contribution in [1.29, 1.82) is 0 Å². The number of carboxylic acids is 1. The number of rotatable bonds is 13. The summed E-state index contributed by atoms with van der Waals surface area (Å²) >= 11 is 0. The largest absolute Gasteiger partial charge is 0.480 e. The minimum absolute atomic E-state index is 0.0326. The van der Waals surface area contributed by atoms with E-state index in [1.54, 1.807) is 12.1 Å². The second-order valence-corrected chi connectivity index (χ2v) is 9.78. The van der Waals surface area contributed by atoms with Gasteiger partial charge in [0.2, 0.25) is 5.91 Å². The third kappa shape index (κ3) is 6.13. The van der Waals surface area contributed by atoms with E-state index in [-0.39, 0.29) is 36.4 Å². The number of hydrogen-bond acceptors (Lipinski definition) is 8. The molecule has 0 saturated carbocycles. The number of aliphatic hydroxyl groups is 3. The molecule has 0 saturated heterocycles. The molecule has 0 radical (unpaired) electrons. The van der Waals surface area contributed by atoms with Crippen molar-refractivity contribution in [3.05, 3.63) is 47.5 Å². The quantitative estimate of drug-likeness (QED) is 0.202. The summed E-state index contributed by atoms with van der Waals surface area (Å²) in [5, 5.41) is 45.2. The third-order valence-electron chi connectivity index (χ3n) is 6.50. The Morgan fingerprint density at radius 3 is 1.86 bits per heavy atom. The molecule has 6 N–H and O–H groups in total. The van der Waals surface area contributed by atoms with E-state index in [0.29, 0.717) is 0 Å². The van der Waals surface area contributed by atoms with Gasteiger partial charge in [-0.25, -0.2) is 0 Å². The van der Waals surface area contributed by atoms with Crippen molar-refractivity contribution in [3.8, 4) is 0 Å². The van der Waals surface area contributed by atoms with E-state index >= 15 is 0 Å². The van der Waals surface area contributed by atoms with E-state index in [1.165, 1.54) is 0 Å². The van der Waals surface area contributed by atoms with Gasteiger partial charge in [0.25, 0.3) is 11.8 Å². The lowest BCUT2D eigenvalue weighted by Gasteiger charge is -2.32. The van der Waals surface area contributed by atoms with Gasteiger partial charge in [0.15, 0.2) is 0 Å². The van der Waals surface area contributed by atoms with Crippen LogP contribution < -0.4 is 10.6 Å². The third-order valence-corrected chi connectivity index (χ3v) is 6.50. The molecule has 0 bridgehead atoms. The molecule has 0 spiro atoms. The fraction of sp³-hybridized carbons (Fsp3) is 0.462. The van der Waals surface area contributed by atoms with Crippen LogP contribution in [0.2, 0.25) is 0 Å². The summed E-state index contributed by atoms with van der Waals surface area (Å²) in [6.45, 7) is 1.30. The van der Waals surface area contributed by atoms with Crippen LogP contribution in [0.15, 0.2) is 36.4 Å². The highest BCUT2D eigenvalue weighted by atomic mass is 16.4. The highest BCUT2D eigenvalue weighted by Crippen LogP contribution is 2.28. The number of carboxylic acid groups (broad SMARTS) is 1. The number of hydrogen-bond donors (Lipinski definition) is 6. The van der Waals surface area contributed by atoms with E-state index in [0.717, 1.165) is 15.7 Å². The number of aliphatic hydroxyl groups excluding tert-OH is 3. The summed E-state index contributed by atoms with van der Waals surface area (Å²) in [7, 11) is 0. The average Bonchev–Trinajstić information content (AvgIpc) is 3.11. The Bertz CT molecular complexity index is 1110. The van der Waals surface area contributed by atoms with E-state index < -0.39 is 61.1 Å². The van der Waals surface area contributed by atoms with Crippen molar-refractivity contribution in [3.63, 3.8) is 0 Å². The standard InChI is InChI=1S/C26H33N3O8/c1-15(2)9-21(22(33)28-26(12-30,13-31)14-32)27-20(25(36)37)7-8-29-23(34)18-10-16-5-3-4-6-17(16)11-19(18)24(29)35/h3-6,10-11,15,20-21,27,30-32H,7-9,12-14H2,1-2H3,(H,28,33)(H,36,37). The molecule has 0 aliphatic carbocycles. The zero-order valence-corrected chi connectivity index (χ0v) is 20.8. The van der Waals surface area contributed by atoms with Crippen LogP contribution in [0.4, 0.5) is 0 Å². The molecule has 2 aromatic carbocycles. The Morgan fingerprint density at radius 1 is 0.919 bits per heavy atom. The molecule has 11 nitrogen and oxygen atoms in total. The Hall–Kier alpha value is -3.38. The Balaban J connectivity index is 1.75. The van der Waals surface area contributed by atoms with Crippen LogP contribution >= 0.6 is 0 Å². The van der Waals surface area contributed by atoms with Crippen molar-refractivity contribution in [2.75, 3.05) is 26.4 Å². The molecule has 1 aliphatic rings. The normalized spacial score (nSPS) is 15.2. The zero-order valence-electron chi connectivity index (χ0n) is 20.8. The van der Waals surface area contributed by atoms with Gasteiger partial charge < -0.3 is 25.7 Å². The minimum Gasteiger partial charge on any atom is -0.480 e. The number of carbonyl (C=O) groups excluding carboxylic acids is 3. The number of nitrogens with one attached hydrogen (secondary N) is 2. The maximum Gasteiger partial charge on any atom is 0.320 e. The molecular weight excluding hydrogens is 482 g/mol. The zero-order chi connectivity index (χ0) is 27.3. The lowest BCUT2D eigenvalue weighted by Crippen LogP contribution is -2.62. The van der Waals surface area contributed by atoms with Crippen LogP contribution in [0.3, 0.4) is 0 Å². The summed E-state index contributed by atoms with van der Waals surface area (Å²) in [6, 6.07) is 8.28. The van der Waals surface area contributed by atoms with Crippen LogP contribution in [0, 0.1) is 5.92 Å². The van der Waals surface area contributed by atoms with Gasteiger partial charge in [-0.2, -0.15) is 0 Å². The fourth-order valence-corrected chi connectivity index (χ4v) is 4.30. The number of amides is 3. The maximum absolute atomic E-state index is 13.0. The van der Waals surface area contributed by atoms with Gasteiger partial charge in [0, 0.05) is 6.54 Å². The van der Waals surface area contributed by atoms with Gasteiger partial charge >= 0.3 is 5.97 Å². The number of fused-ring (bicyclic) bond motifs is 2. The lowest BCUT2D eigenvalue weighted by molar-refractivity contribution is -0.140. The molecule has 1 heterocycles. The van der Waals surface area contributed by atoms with E-state index in [9.17, 15) is 39.6 Å². The first kappa shape index (κ1) is 28.2. The highest BCUT2D eigenvalue weighted by Gasteiger charge is 2.38. The minimum atomic E-state index is -1.67. The molecule has 37 heavy (non-hydrogen) atoms. The number of nitrogens with zero attached hydrogens (tertiary/aromatic N) is 1. The van der Waals surface area contributed by atoms with Crippen LogP contribution in [0.1, 0.15) is 47.4 Å². The van der Waals surface area contributed by atoms with Gasteiger partial charge in [-0.1, -0.05) is 38.1 Å². The molecule has 2 aromatic rings. The Kier molecular flexibility index (Phi) is 8.98. The highest BCUT2D eigenvalue weighted by molar-refractivity contribution is 6.23.